The monoisotopic (exact) mass is 729 g/mol. The molecule has 18 heteroatoms. The van der Waals surface area contributed by atoms with Gasteiger partial charge in [0.1, 0.15) is 46.4 Å². The van der Waals surface area contributed by atoms with Gasteiger partial charge in [-0.25, -0.2) is 31.9 Å². The third-order valence-corrected chi connectivity index (χ3v) is 11.1. The van der Waals surface area contributed by atoms with E-state index in [1.807, 2.05) is 0 Å². The number of hydrogen-bond acceptors (Lipinski definition) is 12. The molecule has 1 aromatic carbocycles. The van der Waals surface area contributed by atoms with Crippen molar-refractivity contribution in [3.8, 4) is 17.3 Å². The van der Waals surface area contributed by atoms with Gasteiger partial charge in [0.25, 0.3) is 5.91 Å². The van der Waals surface area contributed by atoms with E-state index in [1.165, 1.54) is 28.6 Å². The molecular formula is C32H28F5N9O2S2. The number of aromatic nitrogens is 5. The fourth-order valence-corrected chi connectivity index (χ4v) is 8.45. The van der Waals surface area contributed by atoms with Gasteiger partial charge in [0.15, 0.2) is 16.8 Å². The number of ether oxygens (including phenoxy) is 1. The van der Waals surface area contributed by atoms with E-state index in [1.54, 1.807) is 10.3 Å². The molecule has 0 aliphatic carbocycles. The molecule has 0 bridgehead atoms. The molecule has 50 heavy (non-hydrogen) atoms. The van der Waals surface area contributed by atoms with Crippen molar-refractivity contribution in [3.63, 3.8) is 0 Å². The van der Waals surface area contributed by atoms with Crippen molar-refractivity contribution in [2.45, 2.75) is 31.0 Å². The van der Waals surface area contributed by atoms with Crippen molar-refractivity contribution in [1.82, 2.24) is 34.7 Å². The van der Waals surface area contributed by atoms with E-state index < -0.39 is 46.6 Å². The number of hydrogen-bond donors (Lipinski definition) is 1. The van der Waals surface area contributed by atoms with E-state index >= 15 is 8.78 Å². The first kappa shape index (κ1) is 32.6. The maximum absolute atomic E-state index is 16.6. The van der Waals surface area contributed by atoms with Crippen molar-refractivity contribution < 1.29 is 31.5 Å². The minimum Gasteiger partial charge on any atom is -0.461 e. The maximum Gasteiger partial charge on any atom is 0.319 e. The Kier molecular flexibility index (Phi) is 8.26. The molecule has 1 amide bonds. The quantitative estimate of drug-likeness (QED) is 0.173. The third-order valence-electron chi connectivity index (χ3n) is 9.47. The number of pyridine rings is 1. The maximum atomic E-state index is 16.6. The molecule has 3 fully saturated rings. The van der Waals surface area contributed by atoms with Crippen LogP contribution in [0.4, 0.5) is 32.9 Å². The van der Waals surface area contributed by atoms with Crippen LogP contribution < -0.4 is 15.4 Å². The summed E-state index contributed by atoms with van der Waals surface area (Å²) in [5.41, 5.74) is 3.98. The summed E-state index contributed by atoms with van der Waals surface area (Å²) in [4.78, 5) is 39.3. The van der Waals surface area contributed by atoms with Crippen molar-refractivity contribution in [2.24, 2.45) is 0 Å². The van der Waals surface area contributed by atoms with Crippen molar-refractivity contribution in [1.29, 1.82) is 0 Å². The summed E-state index contributed by atoms with van der Waals surface area (Å²) in [5, 5.41) is 2.16. The van der Waals surface area contributed by atoms with Gasteiger partial charge in [0.05, 0.1) is 26.7 Å². The number of fused-ring (bicyclic) bond motifs is 3. The second-order valence-corrected chi connectivity index (χ2v) is 14.4. The molecule has 2 N–H and O–H groups in total. The van der Waals surface area contributed by atoms with Gasteiger partial charge in [-0.2, -0.15) is 9.97 Å². The van der Waals surface area contributed by atoms with Crippen molar-refractivity contribution in [3.05, 3.63) is 52.1 Å². The van der Waals surface area contributed by atoms with Crippen LogP contribution >= 0.6 is 22.7 Å². The van der Waals surface area contributed by atoms with E-state index in [0.717, 1.165) is 36.8 Å². The van der Waals surface area contributed by atoms with E-state index in [9.17, 15) is 18.0 Å². The van der Waals surface area contributed by atoms with Crippen LogP contribution in [0, 0.1) is 17.5 Å². The Hall–Kier alpha value is -4.55. The molecule has 0 spiro atoms. The summed E-state index contributed by atoms with van der Waals surface area (Å²) in [6.07, 6.45) is 4.77. The Labute approximate surface area is 289 Å². The van der Waals surface area contributed by atoms with Crippen LogP contribution in [0.2, 0.25) is 0 Å². The van der Waals surface area contributed by atoms with Gasteiger partial charge in [0, 0.05) is 69.1 Å². The predicted molar refractivity (Wildman–Crippen MR) is 179 cm³/mol. The third kappa shape index (κ3) is 5.68. The second-order valence-electron chi connectivity index (χ2n) is 12.5. The first-order valence-electron chi connectivity index (χ1n) is 15.8. The number of anilines is 2. The highest BCUT2D eigenvalue weighted by Crippen LogP contribution is 2.42. The smallest absolute Gasteiger partial charge is 0.319 e. The summed E-state index contributed by atoms with van der Waals surface area (Å²) >= 11 is 1.99. The number of amides is 1. The predicted octanol–water partition coefficient (Wildman–Crippen LogP) is 5.37. The molecular weight excluding hydrogens is 702 g/mol. The standard InChI is InChI=1S/C32H28F5N9O2S2/c33-16-12-32(2-1-4-46(32)14-16)15-48-31-42-24-17(13-40-25(23(24)37)22-18(34)10-19(35)27-26(22)41-30(38)50-27)28(43-31)44-5-7-45(8-6-44)29(47)20(36)11-21-39-3-9-49-21/h3,9-11,13,16H,1-2,4-8,12,14-15H2,(H2,38,41)/b20-11-/t16?,32-/m0/s1. The minimum atomic E-state index is -1.09. The van der Waals surface area contributed by atoms with Gasteiger partial charge in [-0.1, -0.05) is 11.3 Å². The minimum absolute atomic E-state index is 0.0359. The van der Waals surface area contributed by atoms with Crippen LogP contribution in [-0.4, -0.2) is 98.2 Å². The number of nitrogens with zero attached hydrogens (tertiary/aromatic N) is 8. The molecule has 4 aromatic heterocycles. The molecule has 8 rings (SSSR count). The summed E-state index contributed by atoms with van der Waals surface area (Å²) < 4.78 is 81.9. The molecule has 3 saturated heterocycles. The normalized spacial score (nSPS) is 21.5. The summed E-state index contributed by atoms with van der Waals surface area (Å²) in [6, 6.07) is 0.438. The van der Waals surface area contributed by atoms with Gasteiger partial charge < -0.3 is 20.3 Å². The number of benzene rings is 1. The average Bonchev–Trinajstić information content (AvgIpc) is 3.89. The van der Waals surface area contributed by atoms with Crippen molar-refractivity contribution in [2.75, 3.05) is 56.5 Å². The second kappa shape index (κ2) is 12.6. The highest BCUT2D eigenvalue weighted by atomic mass is 32.1. The van der Waals surface area contributed by atoms with E-state index in [2.05, 4.69) is 29.8 Å². The molecule has 11 nitrogen and oxygen atoms in total. The number of nitrogens with two attached hydrogens (primary N) is 1. The number of halogens is 5. The SMILES string of the molecule is Nc1nc2c(-c3ncc4c(N5CCN(C(=O)/C(F)=C/c6nccs6)CC5)nc(OC[C@@]56CCCN5CC(F)C6)nc4c3F)c(F)cc(F)c2s1. The Balaban J connectivity index is 1.16. The topological polar surface area (TPSA) is 126 Å². The zero-order chi connectivity index (χ0) is 34.7. The Morgan fingerprint density at radius 2 is 1.90 bits per heavy atom. The van der Waals surface area contributed by atoms with Crippen LogP contribution in [0.15, 0.2) is 29.7 Å². The molecule has 5 aromatic rings. The molecule has 3 aliphatic heterocycles. The Bertz CT molecular complexity index is 2160. The number of alkyl halides is 1. The number of rotatable bonds is 7. The average molecular weight is 730 g/mol. The molecule has 0 saturated carbocycles. The lowest BCUT2D eigenvalue weighted by Crippen LogP contribution is -2.49. The summed E-state index contributed by atoms with van der Waals surface area (Å²) in [7, 11) is 0. The van der Waals surface area contributed by atoms with Gasteiger partial charge >= 0.3 is 6.01 Å². The number of carbonyl (C=O) groups excluding carboxylic acids is 1. The fraction of sp³-hybridized carbons (Fsp3) is 0.375. The largest absolute Gasteiger partial charge is 0.461 e. The van der Waals surface area contributed by atoms with Crippen LogP contribution in [0.25, 0.3) is 38.5 Å². The highest BCUT2D eigenvalue weighted by molar-refractivity contribution is 7.22. The highest BCUT2D eigenvalue weighted by Gasteiger charge is 2.49. The van der Waals surface area contributed by atoms with Crippen LogP contribution in [-0.2, 0) is 4.79 Å². The van der Waals surface area contributed by atoms with Crippen LogP contribution in [0.1, 0.15) is 24.3 Å². The molecule has 1 unspecified atom stereocenters. The molecule has 2 atom stereocenters. The lowest BCUT2D eigenvalue weighted by molar-refractivity contribution is -0.128. The van der Waals surface area contributed by atoms with Gasteiger partial charge in [-0.3, -0.25) is 14.7 Å². The number of carbonyl (C=O) groups is 1. The van der Waals surface area contributed by atoms with E-state index in [0.29, 0.717) is 17.6 Å². The molecule has 7 heterocycles. The Morgan fingerprint density at radius 3 is 2.68 bits per heavy atom. The molecule has 260 valence electrons. The lowest BCUT2D eigenvalue weighted by Gasteiger charge is -2.35. The van der Waals surface area contributed by atoms with Gasteiger partial charge in [-0.05, 0) is 19.4 Å². The molecule has 0 radical (unpaired) electrons. The molecule has 3 aliphatic rings. The first-order valence-corrected chi connectivity index (χ1v) is 17.5. The number of nitrogen functional groups attached to an aromatic ring is 1. The van der Waals surface area contributed by atoms with Crippen LogP contribution in [0.3, 0.4) is 0 Å². The number of piperazine rings is 1. The van der Waals surface area contributed by atoms with Gasteiger partial charge in [0.2, 0.25) is 0 Å². The van der Waals surface area contributed by atoms with Crippen molar-refractivity contribution >= 4 is 66.7 Å². The van der Waals surface area contributed by atoms with Crippen LogP contribution in [0.5, 0.6) is 6.01 Å². The fourth-order valence-electron chi connectivity index (χ4n) is 7.15. The first-order chi connectivity index (χ1) is 24.1. The lowest BCUT2D eigenvalue weighted by atomic mass is 9.95. The zero-order valence-electron chi connectivity index (χ0n) is 26.2. The Morgan fingerprint density at radius 1 is 1.08 bits per heavy atom. The van der Waals surface area contributed by atoms with E-state index in [4.69, 9.17) is 10.5 Å². The zero-order valence-corrected chi connectivity index (χ0v) is 27.8. The van der Waals surface area contributed by atoms with E-state index in [-0.39, 0.29) is 82.8 Å². The number of thiazole rings is 2. The summed E-state index contributed by atoms with van der Waals surface area (Å²) in [5.74, 6) is -4.50. The van der Waals surface area contributed by atoms with Gasteiger partial charge in [-0.15, -0.1) is 11.3 Å². The summed E-state index contributed by atoms with van der Waals surface area (Å²) in [6.45, 7) is 1.73.